The Morgan fingerprint density at radius 2 is 1.71 bits per heavy atom. The quantitative estimate of drug-likeness (QED) is 0.849. The maximum Gasteiger partial charge on any atom is 0.463 e. The van der Waals surface area contributed by atoms with Crippen LogP contribution in [0.15, 0.2) is 24.3 Å². The molecule has 1 amide bonds. The lowest BCUT2D eigenvalue weighted by molar-refractivity contribution is -0.270. The van der Waals surface area contributed by atoms with Gasteiger partial charge in [-0.3, -0.25) is 4.79 Å². The normalized spacial score (nSPS) is 13.7. The summed E-state index contributed by atoms with van der Waals surface area (Å²) in [5.41, 5.74) is 0.980. The molecule has 0 saturated heterocycles. The summed E-state index contributed by atoms with van der Waals surface area (Å²) < 4.78 is 66.6. The van der Waals surface area contributed by atoms with Crippen LogP contribution in [0.25, 0.3) is 0 Å². The molecule has 3 nitrogen and oxygen atoms in total. The number of benzene rings is 1. The predicted molar refractivity (Wildman–Crippen MR) is 65.3 cm³/mol. The van der Waals surface area contributed by atoms with E-state index in [1.165, 1.54) is 6.92 Å². The van der Waals surface area contributed by atoms with Crippen LogP contribution in [0.4, 0.5) is 22.0 Å². The average molecular weight is 311 g/mol. The molecule has 0 aliphatic heterocycles. The zero-order chi connectivity index (χ0) is 16.3. The number of halogens is 5. The predicted octanol–water partition coefficient (Wildman–Crippen LogP) is 3.08. The van der Waals surface area contributed by atoms with E-state index in [0.717, 1.165) is 5.56 Å². The standard InChI is InChI=1S/C13H14F5NO2/c1-8-3-5-10(6-4-8)21-7-9(2)19-11(20)12(14,15)13(16,17)18/h3-6,9H,7H2,1-2H3,(H,19,20). The van der Waals surface area contributed by atoms with Crippen molar-refractivity contribution in [1.29, 1.82) is 0 Å². The Labute approximate surface area is 118 Å². The summed E-state index contributed by atoms with van der Waals surface area (Å²) >= 11 is 0. The fourth-order valence-corrected chi connectivity index (χ4v) is 1.34. The molecule has 0 aliphatic rings. The highest BCUT2D eigenvalue weighted by molar-refractivity contribution is 5.84. The first-order chi connectivity index (χ1) is 9.54. The van der Waals surface area contributed by atoms with Gasteiger partial charge in [0.2, 0.25) is 0 Å². The van der Waals surface area contributed by atoms with Crippen molar-refractivity contribution in [3.63, 3.8) is 0 Å². The van der Waals surface area contributed by atoms with Crippen LogP contribution < -0.4 is 10.1 Å². The summed E-state index contributed by atoms with van der Waals surface area (Å²) in [7, 11) is 0. The second kappa shape index (κ2) is 6.28. The molecule has 0 heterocycles. The van der Waals surface area contributed by atoms with E-state index < -0.39 is 24.0 Å². The minimum atomic E-state index is -5.92. The SMILES string of the molecule is Cc1ccc(OCC(C)NC(=O)C(F)(F)C(F)(F)F)cc1. The lowest BCUT2D eigenvalue weighted by Crippen LogP contribution is -2.53. The lowest BCUT2D eigenvalue weighted by Gasteiger charge is -2.21. The number of alkyl halides is 5. The zero-order valence-electron chi connectivity index (χ0n) is 11.3. The third-order valence-corrected chi connectivity index (χ3v) is 2.54. The summed E-state index contributed by atoms with van der Waals surface area (Å²) in [6.07, 6.45) is -5.92. The van der Waals surface area contributed by atoms with Crippen LogP contribution in [0.5, 0.6) is 5.75 Å². The molecule has 21 heavy (non-hydrogen) atoms. The fourth-order valence-electron chi connectivity index (χ4n) is 1.34. The fraction of sp³-hybridized carbons (Fsp3) is 0.462. The van der Waals surface area contributed by atoms with E-state index >= 15 is 0 Å². The summed E-state index contributed by atoms with van der Waals surface area (Å²) in [4.78, 5) is 10.9. The Hall–Kier alpha value is -1.86. The molecule has 0 aliphatic carbocycles. The minimum absolute atomic E-state index is 0.233. The lowest BCUT2D eigenvalue weighted by atomic mass is 10.2. The number of hydrogen-bond donors (Lipinski definition) is 1. The van der Waals surface area contributed by atoms with Crippen molar-refractivity contribution < 1.29 is 31.5 Å². The van der Waals surface area contributed by atoms with Crippen molar-refractivity contribution in [2.75, 3.05) is 6.61 Å². The van der Waals surface area contributed by atoms with E-state index in [4.69, 9.17) is 4.74 Å². The smallest absolute Gasteiger partial charge is 0.463 e. The second-order valence-corrected chi connectivity index (χ2v) is 4.57. The van der Waals surface area contributed by atoms with Gasteiger partial charge < -0.3 is 10.1 Å². The van der Waals surface area contributed by atoms with Gasteiger partial charge in [0.1, 0.15) is 12.4 Å². The van der Waals surface area contributed by atoms with E-state index in [2.05, 4.69) is 0 Å². The molecule has 1 aromatic rings. The van der Waals surface area contributed by atoms with Gasteiger partial charge in [0, 0.05) is 0 Å². The summed E-state index contributed by atoms with van der Waals surface area (Å²) in [5.74, 6) is -7.40. The van der Waals surface area contributed by atoms with Crippen LogP contribution in [0, 0.1) is 6.92 Å². The largest absolute Gasteiger partial charge is 0.491 e. The monoisotopic (exact) mass is 311 g/mol. The molecule has 1 atom stereocenters. The molecule has 1 rings (SSSR count). The summed E-state index contributed by atoms with van der Waals surface area (Å²) in [6, 6.07) is 5.72. The van der Waals surface area contributed by atoms with Crippen LogP contribution in [0.2, 0.25) is 0 Å². The highest BCUT2D eigenvalue weighted by Crippen LogP contribution is 2.35. The van der Waals surface area contributed by atoms with Gasteiger partial charge in [0.15, 0.2) is 0 Å². The van der Waals surface area contributed by atoms with Crippen molar-refractivity contribution in [2.45, 2.75) is 32.0 Å². The van der Waals surface area contributed by atoms with Crippen molar-refractivity contribution in [2.24, 2.45) is 0 Å². The molecule has 0 saturated carbocycles. The Kier molecular flexibility index (Phi) is 5.14. The first kappa shape index (κ1) is 17.2. The van der Waals surface area contributed by atoms with E-state index in [0.29, 0.717) is 5.75 Å². The topological polar surface area (TPSA) is 38.3 Å². The Balaban J connectivity index is 2.52. The Morgan fingerprint density at radius 3 is 2.19 bits per heavy atom. The molecule has 0 aromatic heterocycles. The van der Waals surface area contributed by atoms with Gasteiger partial charge in [-0.05, 0) is 26.0 Å². The number of amides is 1. The molecule has 0 spiro atoms. The Morgan fingerprint density at radius 1 is 1.19 bits per heavy atom. The zero-order valence-corrected chi connectivity index (χ0v) is 11.3. The van der Waals surface area contributed by atoms with Crippen molar-refractivity contribution >= 4 is 5.91 Å². The molecule has 0 bridgehead atoms. The number of carbonyl (C=O) groups excluding carboxylic acids is 1. The number of carbonyl (C=O) groups is 1. The molecule has 118 valence electrons. The van der Waals surface area contributed by atoms with Crippen LogP contribution in [0.3, 0.4) is 0 Å². The van der Waals surface area contributed by atoms with Gasteiger partial charge in [-0.1, -0.05) is 17.7 Å². The first-order valence-electron chi connectivity index (χ1n) is 5.99. The second-order valence-electron chi connectivity index (χ2n) is 4.57. The Bertz CT molecular complexity index is 484. The van der Waals surface area contributed by atoms with Crippen LogP contribution in [-0.4, -0.2) is 30.7 Å². The molecule has 1 aromatic carbocycles. The molecule has 1 N–H and O–H groups in total. The van der Waals surface area contributed by atoms with Gasteiger partial charge in [-0.15, -0.1) is 0 Å². The van der Waals surface area contributed by atoms with Gasteiger partial charge >= 0.3 is 18.0 Å². The van der Waals surface area contributed by atoms with Crippen molar-refractivity contribution in [3.8, 4) is 5.75 Å². The third-order valence-electron chi connectivity index (χ3n) is 2.54. The molecule has 1 unspecified atom stereocenters. The molecular formula is C13H14F5NO2. The summed E-state index contributed by atoms with van der Waals surface area (Å²) in [5, 5.41) is 1.57. The van der Waals surface area contributed by atoms with Crippen LogP contribution >= 0.6 is 0 Å². The van der Waals surface area contributed by atoms with Gasteiger partial charge in [0.05, 0.1) is 6.04 Å². The average Bonchev–Trinajstić information content (AvgIpc) is 2.36. The molecule has 0 fully saturated rings. The maximum absolute atomic E-state index is 12.7. The highest BCUT2D eigenvalue weighted by Gasteiger charge is 2.63. The van der Waals surface area contributed by atoms with Crippen LogP contribution in [-0.2, 0) is 4.79 Å². The number of rotatable bonds is 5. The highest BCUT2D eigenvalue weighted by atomic mass is 19.4. The van der Waals surface area contributed by atoms with E-state index in [-0.39, 0.29) is 6.61 Å². The number of hydrogen-bond acceptors (Lipinski definition) is 2. The number of ether oxygens (including phenoxy) is 1. The van der Waals surface area contributed by atoms with Gasteiger partial charge in [-0.2, -0.15) is 22.0 Å². The van der Waals surface area contributed by atoms with Gasteiger partial charge in [-0.25, -0.2) is 0 Å². The van der Waals surface area contributed by atoms with Gasteiger partial charge in [0.25, 0.3) is 0 Å². The maximum atomic E-state index is 12.7. The molecule has 0 radical (unpaired) electrons. The molecular weight excluding hydrogens is 297 g/mol. The van der Waals surface area contributed by atoms with Crippen LogP contribution in [0.1, 0.15) is 12.5 Å². The van der Waals surface area contributed by atoms with E-state index in [9.17, 15) is 26.7 Å². The van der Waals surface area contributed by atoms with E-state index in [1.807, 2.05) is 6.92 Å². The minimum Gasteiger partial charge on any atom is -0.491 e. The molecule has 8 heteroatoms. The van der Waals surface area contributed by atoms with Crippen molar-refractivity contribution in [3.05, 3.63) is 29.8 Å². The summed E-state index contributed by atoms with van der Waals surface area (Å²) in [6.45, 7) is 2.88. The number of nitrogens with one attached hydrogen (secondary N) is 1. The number of aryl methyl sites for hydroxylation is 1. The van der Waals surface area contributed by atoms with E-state index in [1.54, 1.807) is 29.6 Å². The first-order valence-corrected chi connectivity index (χ1v) is 5.99. The third kappa shape index (κ3) is 4.57. The van der Waals surface area contributed by atoms with Crippen molar-refractivity contribution in [1.82, 2.24) is 5.32 Å².